The molecule has 0 saturated heterocycles. The van der Waals surface area contributed by atoms with Crippen molar-refractivity contribution in [1.82, 2.24) is 35.9 Å². The molecule has 0 fully saturated rings. The number of aromatic amines is 2. The van der Waals surface area contributed by atoms with Crippen LogP contribution in [0.5, 0.6) is 0 Å². The first-order valence-corrected chi connectivity index (χ1v) is 9.51. The molecule has 2 aromatic rings. The highest BCUT2D eigenvalue weighted by Crippen LogP contribution is 2.04. The molecule has 168 valence electrons. The Bertz CT molecular complexity index is 881. The number of H-pyrrole nitrogens is 2. The molecule has 0 saturated carbocycles. The molecule has 31 heavy (non-hydrogen) atoms. The highest BCUT2D eigenvalue weighted by atomic mass is 16.4. The largest absolute Gasteiger partial charge is 0.480 e. The van der Waals surface area contributed by atoms with Crippen LogP contribution in [0.25, 0.3) is 0 Å². The van der Waals surface area contributed by atoms with E-state index in [0.29, 0.717) is 11.4 Å². The van der Waals surface area contributed by atoms with E-state index in [1.807, 2.05) is 0 Å². The zero-order valence-electron chi connectivity index (χ0n) is 17.1. The summed E-state index contributed by atoms with van der Waals surface area (Å²) in [5, 5.41) is 16.9. The van der Waals surface area contributed by atoms with Gasteiger partial charge in [0.1, 0.15) is 18.1 Å². The van der Waals surface area contributed by atoms with Gasteiger partial charge in [0.15, 0.2) is 0 Å². The van der Waals surface area contributed by atoms with Crippen LogP contribution in [-0.4, -0.2) is 72.9 Å². The SMILES string of the molecule is CC(N)C(=O)NC(C)C(=O)NC(Cc1cnc[nH]1)C(=O)NC(Cc1cnc[nH]1)C(=O)O. The van der Waals surface area contributed by atoms with E-state index in [1.165, 1.54) is 38.9 Å². The fourth-order valence-electron chi connectivity index (χ4n) is 2.62. The summed E-state index contributed by atoms with van der Waals surface area (Å²) >= 11 is 0. The summed E-state index contributed by atoms with van der Waals surface area (Å²) in [7, 11) is 0. The second-order valence-electron chi connectivity index (χ2n) is 7.04. The van der Waals surface area contributed by atoms with Crippen molar-refractivity contribution in [2.75, 3.05) is 0 Å². The van der Waals surface area contributed by atoms with E-state index < -0.39 is 47.9 Å². The van der Waals surface area contributed by atoms with E-state index in [9.17, 15) is 24.3 Å². The summed E-state index contributed by atoms with van der Waals surface area (Å²) in [6, 6.07) is -4.13. The molecule has 0 aliphatic rings. The Balaban J connectivity index is 2.10. The summed E-state index contributed by atoms with van der Waals surface area (Å²) in [5.74, 6) is -3.11. The van der Waals surface area contributed by atoms with Crippen LogP contribution in [-0.2, 0) is 32.0 Å². The maximum absolute atomic E-state index is 12.8. The monoisotopic (exact) mass is 434 g/mol. The van der Waals surface area contributed by atoms with Crippen LogP contribution in [0.3, 0.4) is 0 Å². The van der Waals surface area contributed by atoms with Crippen LogP contribution in [0.15, 0.2) is 25.0 Å². The molecule has 2 heterocycles. The number of aliphatic carboxylic acids is 1. The minimum atomic E-state index is -1.25. The van der Waals surface area contributed by atoms with Gasteiger partial charge in [0.25, 0.3) is 0 Å². The van der Waals surface area contributed by atoms with Gasteiger partial charge in [0.05, 0.1) is 18.7 Å². The number of nitrogens with two attached hydrogens (primary N) is 1. The Morgan fingerprint density at radius 2 is 1.42 bits per heavy atom. The molecule has 0 bridgehead atoms. The fourth-order valence-corrected chi connectivity index (χ4v) is 2.62. The van der Waals surface area contributed by atoms with Gasteiger partial charge in [-0.25, -0.2) is 14.8 Å². The molecular formula is C18H26N8O5. The van der Waals surface area contributed by atoms with Crippen LogP contribution in [0.4, 0.5) is 0 Å². The van der Waals surface area contributed by atoms with Crippen molar-refractivity contribution in [3.8, 4) is 0 Å². The van der Waals surface area contributed by atoms with Gasteiger partial charge in [-0.05, 0) is 13.8 Å². The van der Waals surface area contributed by atoms with Crippen LogP contribution in [0.1, 0.15) is 25.2 Å². The Morgan fingerprint density at radius 1 is 0.903 bits per heavy atom. The number of rotatable bonds is 11. The summed E-state index contributed by atoms with van der Waals surface area (Å²) in [6.07, 6.45) is 5.75. The number of carboxylic acids is 1. The second-order valence-corrected chi connectivity index (χ2v) is 7.04. The lowest BCUT2D eigenvalue weighted by atomic mass is 10.1. The van der Waals surface area contributed by atoms with E-state index >= 15 is 0 Å². The Labute approximate surface area is 177 Å². The van der Waals surface area contributed by atoms with Crippen LogP contribution < -0.4 is 21.7 Å². The van der Waals surface area contributed by atoms with Gasteiger partial charge in [-0.1, -0.05) is 0 Å². The molecule has 0 aliphatic carbocycles. The molecule has 13 nitrogen and oxygen atoms in total. The third-order valence-electron chi connectivity index (χ3n) is 4.37. The van der Waals surface area contributed by atoms with Crippen molar-refractivity contribution in [1.29, 1.82) is 0 Å². The van der Waals surface area contributed by atoms with Crippen molar-refractivity contribution in [2.24, 2.45) is 5.73 Å². The number of carbonyl (C=O) groups excluding carboxylic acids is 3. The molecule has 0 aromatic carbocycles. The Morgan fingerprint density at radius 3 is 1.87 bits per heavy atom. The van der Waals surface area contributed by atoms with Crippen molar-refractivity contribution in [3.63, 3.8) is 0 Å². The smallest absolute Gasteiger partial charge is 0.326 e. The molecule has 8 N–H and O–H groups in total. The molecule has 13 heteroatoms. The van der Waals surface area contributed by atoms with Crippen LogP contribution >= 0.6 is 0 Å². The first-order valence-electron chi connectivity index (χ1n) is 9.51. The number of carboxylic acid groups (broad SMARTS) is 1. The number of nitrogens with zero attached hydrogens (tertiary/aromatic N) is 2. The topological polar surface area (TPSA) is 208 Å². The number of nitrogens with one attached hydrogen (secondary N) is 5. The van der Waals surface area contributed by atoms with Crippen molar-refractivity contribution in [3.05, 3.63) is 36.4 Å². The minimum Gasteiger partial charge on any atom is -0.480 e. The van der Waals surface area contributed by atoms with Gasteiger partial charge in [-0.3, -0.25) is 14.4 Å². The average Bonchev–Trinajstić information content (AvgIpc) is 3.40. The molecule has 0 spiro atoms. The molecule has 0 aliphatic heterocycles. The standard InChI is InChI=1S/C18H26N8O5/c1-9(19)15(27)24-10(2)16(28)25-13(3-11-5-20-7-22-11)17(29)26-14(18(30)31)4-12-6-21-8-23-12/h5-10,13-14H,3-4,19H2,1-2H3,(H,20,22)(H,21,23)(H,24,27)(H,25,28)(H,26,29)(H,30,31). The Hall–Kier alpha value is -3.74. The zero-order chi connectivity index (χ0) is 23.0. The van der Waals surface area contributed by atoms with E-state index in [4.69, 9.17) is 5.73 Å². The van der Waals surface area contributed by atoms with E-state index in [0.717, 1.165) is 0 Å². The number of hydrogen-bond donors (Lipinski definition) is 7. The lowest BCUT2D eigenvalue weighted by Crippen LogP contribution is -2.57. The van der Waals surface area contributed by atoms with Crippen LogP contribution in [0, 0.1) is 0 Å². The molecular weight excluding hydrogens is 408 g/mol. The molecule has 0 radical (unpaired) electrons. The van der Waals surface area contributed by atoms with Crippen molar-refractivity contribution in [2.45, 2.75) is 50.9 Å². The molecule has 2 aromatic heterocycles. The van der Waals surface area contributed by atoms with Crippen LogP contribution in [0.2, 0.25) is 0 Å². The normalized spacial score (nSPS) is 14.7. The van der Waals surface area contributed by atoms with Gasteiger partial charge in [0.2, 0.25) is 17.7 Å². The van der Waals surface area contributed by atoms with Gasteiger partial charge in [-0.2, -0.15) is 0 Å². The fraction of sp³-hybridized carbons (Fsp3) is 0.444. The Kier molecular flexibility index (Phi) is 8.25. The number of amides is 3. The quantitative estimate of drug-likeness (QED) is 0.206. The van der Waals surface area contributed by atoms with E-state index in [-0.39, 0.29) is 12.8 Å². The predicted molar refractivity (Wildman–Crippen MR) is 107 cm³/mol. The number of imidazole rings is 2. The third kappa shape index (κ3) is 7.22. The first kappa shape index (κ1) is 23.5. The van der Waals surface area contributed by atoms with Crippen molar-refractivity contribution < 1.29 is 24.3 Å². The zero-order valence-corrected chi connectivity index (χ0v) is 17.1. The van der Waals surface area contributed by atoms with Gasteiger partial charge >= 0.3 is 5.97 Å². The highest BCUT2D eigenvalue weighted by Gasteiger charge is 2.29. The molecule has 4 atom stereocenters. The molecule has 4 unspecified atom stereocenters. The minimum absolute atomic E-state index is 0.0212. The molecule has 3 amide bonds. The average molecular weight is 434 g/mol. The predicted octanol–water partition coefficient (Wildman–Crippen LogP) is -2.18. The summed E-state index contributed by atoms with van der Waals surface area (Å²) in [6.45, 7) is 2.92. The van der Waals surface area contributed by atoms with Crippen molar-refractivity contribution >= 4 is 23.7 Å². The van der Waals surface area contributed by atoms with E-state index in [2.05, 4.69) is 35.9 Å². The number of hydrogen-bond acceptors (Lipinski definition) is 7. The summed E-state index contributed by atoms with van der Waals surface area (Å²) in [4.78, 5) is 62.0. The summed E-state index contributed by atoms with van der Waals surface area (Å²) < 4.78 is 0. The summed E-state index contributed by atoms with van der Waals surface area (Å²) in [5.41, 5.74) is 6.55. The van der Waals surface area contributed by atoms with Gasteiger partial charge < -0.3 is 36.8 Å². The maximum atomic E-state index is 12.8. The van der Waals surface area contributed by atoms with E-state index in [1.54, 1.807) is 0 Å². The highest BCUT2D eigenvalue weighted by molar-refractivity contribution is 5.94. The lowest BCUT2D eigenvalue weighted by molar-refractivity contribution is -0.142. The molecule has 2 rings (SSSR count). The van der Waals surface area contributed by atoms with Gasteiger partial charge in [0, 0.05) is 36.6 Å². The van der Waals surface area contributed by atoms with Gasteiger partial charge in [-0.15, -0.1) is 0 Å². The maximum Gasteiger partial charge on any atom is 0.326 e. The first-order chi connectivity index (χ1) is 14.7. The second kappa shape index (κ2) is 10.9. The third-order valence-corrected chi connectivity index (χ3v) is 4.37. The lowest BCUT2D eigenvalue weighted by Gasteiger charge is -2.23. The number of carbonyl (C=O) groups is 4. The number of aromatic nitrogens is 4.